The fraction of sp³-hybridized carbons (Fsp3) is 1.00. The SMILES string of the molecule is CCC(CC)(CO)C1(O)CCN(C)C1. The van der Waals surface area contributed by atoms with Gasteiger partial charge in [0.2, 0.25) is 0 Å². The van der Waals surface area contributed by atoms with Crippen LogP contribution in [0.4, 0.5) is 0 Å². The number of aliphatic hydroxyl groups excluding tert-OH is 1. The number of hydrogen-bond donors (Lipinski definition) is 2. The van der Waals surface area contributed by atoms with Crippen molar-refractivity contribution in [1.29, 1.82) is 0 Å². The van der Waals surface area contributed by atoms with E-state index in [2.05, 4.69) is 18.7 Å². The van der Waals surface area contributed by atoms with Crippen LogP contribution < -0.4 is 0 Å². The van der Waals surface area contributed by atoms with Gasteiger partial charge in [-0.3, -0.25) is 0 Å². The molecule has 0 aromatic carbocycles. The molecule has 1 heterocycles. The molecule has 0 aromatic rings. The van der Waals surface area contributed by atoms with Gasteiger partial charge in [0.25, 0.3) is 0 Å². The smallest absolute Gasteiger partial charge is 0.0863 e. The molecular formula is C11H23NO2. The predicted molar refractivity (Wildman–Crippen MR) is 57.2 cm³/mol. The van der Waals surface area contributed by atoms with Gasteiger partial charge in [-0.05, 0) is 26.3 Å². The molecule has 0 aliphatic carbocycles. The lowest BCUT2D eigenvalue weighted by molar-refractivity contribution is -0.105. The fourth-order valence-corrected chi connectivity index (χ4v) is 2.69. The Morgan fingerprint density at radius 1 is 1.36 bits per heavy atom. The highest BCUT2D eigenvalue weighted by molar-refractivity contribution is 5.02. The number of β-amino-alcohol motifs (C(OH)–C–C–N with tert-alkyl or cyclic N) is 1. The van der Waals surface area contributed by atoms with E-state index in [1.165, 1.54) is 0 Å². The van der Waals surface area contributed by atoms with Gasteiger partial charge >= 0.3 is 0 Å². The number of hydrogen-bond acceptors (Lipinski definition) is 3. The summed E-state index contributed by atoms with van der Waals surface area (Å²) < 4.78 is 0. The molecule has 1 saturated heterocycles. The van der Waals surface area contributed by atoms with Crippen LogP contribution in [0.2, 0.25) is 0 Å². The maximum Gasteiger partial charge on any atom is 0.0863 e. The molecule has 0 radical (unpaired) electrons. The van der Waals surface area contributed by atoms with E-state index in [4.69, 9.17) is 0 Å². The van der Waals surface area contributed by atoms with Crippen molar-refractivity contribution in [3.05, 3.63) is 0 Å². The van der Waals surface area contributed by atoms with E-state index in [-0.39, 0.29) is 12.0 Å². The summed E-state index contributed by atoms with van der Waals surface area (Å²) in [6, 6.07) is 0. The Balaban J connectivity index is 2.86. The van der Waals surface area contributed by atoms with Gasteiger partial charge in [-0.25, -0.2) is 0 Å². The number of rotatable bonds is 4. The first-order valence-electron chi connectivity index (χ1n) is 5.55. The van der Waals surface area contributed by atoms with Crippen LogP contribution in [0.15, 0.2) is 0 Å². The lowest BCUT2D eigenvalue weighted by atomic mass is 9.68. The lowest BCUT2D eigenvalue weighted by Crippen LogP contribution is -2.51. The highest BCUT2D eigenvalue weighted by Crippen LogP contribution is 2.43. The zero-order chi connectivity index (χ0) is 10.8. The van der Waals surface area contributed by atoms with E-state index < -0.39 is 5.60 Å². The van der Waals surface area contributed by atoms with Crippen LogP contribution in [0.1, 0.15) is 33.1 Å². The Hall–Kier alpha value is -0.120. The minimum atomic E-state index is -0.694. The predicted octanol–water partition coefficient (Wildman–Crippen LogP) is 0.852. The molecule has 1 fully saturated rings. The normalized spacial score (nSPS) is 29.8. The van der Waals surface area contributed by atoms with E-state index >= 15 is 0 Å². The Bertz CT molecular complexity index is 183. The first-order chi connectivity index (χ1) is 6.53. The monoisotopic (exact) mass is 201 g/mol. The Morgan fingerprint density at radius 3 is 2.21 bits per heavy atom. The van der Waals surface area contributed by atoms with Crippen LogP contribution in [0.5, 0.6) is 0 Å². The molecule has 1 rings (SSSR count). The van der Waals surface area contributed by atoms with Crippen molar-refractivity contribution in [2.75, 3.05) is 26.7 Å². The summed E-state index contributed by atoms with van der Waals surface area (Å²) in [7, 11) is 2.02. The fourth-order valence-electron chi connectivity index (χ4n) is 2.69. The van der Waals surface area contributed by atoms with E-state index in [9.17, 15) is 10.2 Å². The van der Waals surface area contributed by atoms with Crippen LogP contribution in [-0.4, -0.2) is 47.5 Å². The molecule has 1 atom stereocenters. The third kappa shape index (κ3) is 1.69. The molecule has 0 aromatic heterocycles. The van der Waals surface area contributed by atoms with Crippen LogP contribution in [0.25, 0.3) is 0 Å². The van der Waals surface area contributed by atoms with Crippen molar-refractivity contribution in [2.45, 2.75) is 38.7 Å². The summed E-state index contributed by atoms with van der Waals surface area (Å²) in [6.07, 6.45) is 2.46. The molecule has 0 bridgehead atoms. The Morgan fingerprint density at radius 2 is 1.93 bits per heavy atom. The number of aliphatic hydroxyl groups is 2. The standard InChI is InChI=1S/C11H23NO2/c1-4-10(5-2,9-13)11(14)6-7-12(3)8-11/h13-14H,4-9H2,1-3H3. The van der Waals surface area contributed by atoms with Crippen molar-refractivity contribution < 1.29 is 10.2 Å². The maximum atomic E-state index is 10.6. The van der Waals surface area contributed by atoms with Crippen molar-refractivity contribution in [2.24, 2.45) is 5.41 Å². The minimum absolute atomic E-state index is 0.0876. The largest absolute Gasteiger partial charge is 0.396 e. The summed E-state index contributed by atoms with van der Waals surface area (Å²) in [5.74, 6) is 0. The highest BCUT2D eigenvalue weighted by Gasteiger charge is 2.50. The summed E-state index contributed by atoms with van der Waals surface area (Å²) in [5.41, 5.74) is -1.00. The average Bonchev–Trinajstić information content (AvgIpc) is 2.51. The van der Waals surface area contributed by atoms with Gasteiger partial charge in [0.05, 0.1) is 12.2 Å². The molecule has 1 unspecified atom stereocenters. The third-order valence-electron chi connectivity index (χ3n) is 4.08. The summed E-state index contributed by atoms with van der Waals surface area (Å²) in [4.78, 5) is 2.13. The van der Waals surface area contributed by atoms with E-state index in [0.717, 1.165) is 25.8 Å². The highest BCUT2D eigenvalue weighted by atomic mass is 16.3. The number of likely N-dealkylation sites (N-methyl/N-ethyl adjacent to an activating group) is 1. The van der Waals surface area contributed by atoms with Crippen LogP contribution in [0.3, 0.4) is 0 Å². The van der Waals surface area contributed by atoms with Gasteiger partial charge in [0.1, 0.15) is 0 Å². The van der Waals surface area contributed by atoms with Crippen molar-refractivity contribution in [3.63, 3.8) is 0 Å². The van der Waals surface area contributed by atoms with E-state index in [1.54, 1.807) is 0 Å². The number of nitrogens with zero attached hydrogens (tertiary/aromatic N) is 1. The summed E-state index contributed by atoms with van der Waals surface area (Å²) >= 11 is 0. The molecule has 0 amide bonds. The second kappa shape index (κ2) is 4.17. The third-order valence-corrected chi connectivity index (χ3v) is 4.08. The second-order valence-electron chi connectivity index (χ2n) is 4.66. The van der Waals surface area contributed by atoms with Gasteiger partial charge in [-0.1, -0.05) is 13.8 Å². The van der Waals surface area contributed by atoms with Crippen molar-refractivity contribution in [1.82, 2.24) is 4.90 Å². The molecule has 1 aliphatic rings. The molecule has 0 saturated carbocycles. The van der Waals surface area contributed by atoms with E-state index in [0.29, 0.717) is 6.54 Å². The summed E-state index contributed by atoms with van der Waals surface area (Å²) in [6.45, 7) is 5.81. The molecule has 3 nitrogen and oxygen atoms in total. The van der Waals surface area contributed by atoms with Gasteiger partial charge in [0, 0.05) is 18.5 Å². The molecule has 1 aliphatic heterocycles. The zero-order valence-corrected chi connectivity index (χ0v) is 9.58. The molecular weight excluding hydrogens is 178 g/mol. The molecule has 14 heavy (non-hydrogen) atoms. The quantitative estimate of drug-likeness (QED) is 0.709. The zero-order valence-electron chi connectivity index (χ0n) is 9.58. The number of likely N-dealkylation sites (tertiary alicyclic amines) is 1. The molecule has 84 valence electrons. The molecule has 2 N–H and O–H groups in total. The van der Waals surface area contributed by atoms with Gasteiger partial charge in [-0.15, -0.1) is 0 Å². The minimum Gasteiger partial charge on any atom is -0.396 e. The van der Waals surface area contributed by atoms with Crippen molar-refractivity contribution >= 4 is 0 Å². The average molecular weight is 201 g/mol. The first-order valence-corrected chi connectivity index (χ1v) is 5.55. The molecule has 3 heteroatoms. The summed E-state index contributed by atoms with van der Waals surface area (Å²) in [5, 5.41) is 20.1. The van der Waals surface area contributed by atoms with Gasteiger partial charge in [-0.2, -0.15) is 0 Å². The van der Waals surface area contributed by atoms with Crippen LogP contribution >= 0.6 is 0 Å². The Kier molecular flexibility index (Phi) is 3.56. The first kappa shape index (κ1) is 12.0. The second-order valence-corrected chi connectivity index (χ2v) is 4.66. The van der Waals surface area contributed by atoms with E-state index in [1.807, 2.05) is 7.05 Å². The topological polar surface area (TPSA) is 43.7 Å². The lowest BCUT2D eigenvalue weighted by Gasteiger charge is -2.43. The Labute approximate surface area is 86.7 Å². The van der Waals surface area contributed by atoms with Gasteiger partial charge < -0.3 is 15.1 Å². The maximum absolute atomic E-state index is 10.6. The van der Waals surface area contributed by atoms with Gasteiger partial charge in [0.15, 0.2) is 0 Å². The van der Waals surface area contributed by atoms with Crippen LogP contribution in [0, 0.1) is 5.41 Å². The molecule has 0 spiro atoms. The van der Waals surface area contributed by atoms with Crippen molar-refractivity contribution in [3.8, 4) is 0 Å². The van der Waals surface area contributed by atoms with Crippen LogP contribution in [-0.2, 0) is 0 Å².